The van der Waals surface area contributed by atoms with Gasteiger partial charge in [-0.25, -0.2) is 9.37 Å². The van der Waals surface area contributed by atoms with Crippen LogP contribution in [-0.2, 0) is 19.5 Å². The van der Waals surface area contributed by atoms with E-state index in [-0.39, 0.29) is 17.4 Å². The molecular weight excluding hydrogens is 413 g/mol. The average Bonchev–Trinajstić information content (AvgIpc) is 2.83. The number of halogens is 1. The molecule has 5 heteroatoms. The van der Waals surface area contributed by atoms with Gasteiger partial charge in [0, 0.05) is 26.1 Å². The minimum Gasteiger partial charge on any atom is -0.294 e. The normalized spacial score (nSPS) is 13.8. The molecule has 4 nitrogen and oxygen atoms in total. The molecule has 0 spiro atoms. The van der Waals surface area contributed by atoms with Crippen molar-refractivity contribution in [1.29, 1.82) is 0 Å². The highest BCUT2D eigenvalue weighted by molar-refractivity contribution is 5.35. The van der Waals surface area contributed by atoms with Crippen molar-refractivity contribution in [2.45, 2.75) is 32.5 Å². The molecule has 1 aliphatic rings. The summed E-state index contributed by atoms with van der Waals surface area (Å²) in [6.45, 7) is 3.82. The van der Waals surface area contributed by atoms with Crippen LogP contribution in [0.3, 0.4) is 0 Å². The van der Waals surface area contributed by atoms with E-state index in [4.69, 9.17) is 4.98 Å². The third-order valence-corrected chi connectivity index (χ3v) is 6.30. The SMILES string of the molecule is Cc1nc2c(c(=O)n1C(c1ccccc1)c1ccccc1)CN(Cc1cccc(F)c1)CC2. The number of fused-ring (bicyclic) bond motifs is 1. The van der Waals surface area contributed by atoms with E-state index in [1.165, 1.54) is 6.07 Å². The van der Waals surface area contributed by atoms with Crippen molar-refractivity contribution in [3.63, 3.8) is 0 Å². The number of aromatic nitrogens is 2. The topological polar surface area (TPSA) is 38.1 Å². The van der Waals surface area contributed by atoms with Crippen molar-refractivity contribution in [2.75, 3.05) is 6.54 Å². The number of nitrogens with zero attached hydrogens (tertiary/aromatic N) is 3. The van der Waals surface area contributed by atoms with Crippen LogP contribution in [0.2, 0.25) is 0 Å². The van der Waals surface area contributed by atoms with E-state index in [0.717, 1.165) is 40.3 Å². The van der Waals surface area contributed by atoms with Crippen LogP contribution in [0, 0.1) is 12.7 Å². The fraction of sp³-hybridized carbons (Fsp3) is 0.214. The van der Waals surface area contributed by atoms with Crippen molar-refractivity contribution in [2.24, 2.45) is 0 Å². The minimum absolute atomic E-state index is 0.000789. The number of benzene rings is 3. The highest BCUT2D eigenvalue weighted by atomic mass is 19.1. The summed E-state index contributed by atoms with van der Waals surface area (Å²) in [5.41, 5.74) is 4.61. The minimum atomic E-state index is -0.253. The zero-order valence-electron chi connectivity index (χ0n) is 18.6. The third-order valence-electron chi connectivity index (χ3n) is 6.30. The first kappa shape index (κ1) is 21.3. The van der Waals surface area contributed by atoms with Crippen molar-refractivity contribution < 1.29 is 4.39 Å². The average molecular weight is 440 g/mol. The fourth-order valence-corrected chi connectivity index (χ4v) is 4.76. The largest absolute Gasteiger partial charge is 0.294 e. The van der Waals surface area contributed by atoms with Crippen LogP contribution >= 0.6 is 0 Å². The highest BCUT2D eigenvalue weighted by Gasteiger charge is 2.27. The lowest BCUT2D eigenvalue weighted by Gasteiger charge is -2.30. The Hall–Kier alpha value is -3.57. The molecule has 0 unspecified atom stereocenters. The number of hydrogen-bond donors (Lipinski definition) is 0. The van der Waals surface area contributed by atoms with E-state index in [0.29, 0.717) is 19.5 Å². The summed E-state index contributed by atoms with van der Waals surface area (Å²) < 4.78 is 15.5. The Labute approximate surface area is 193 Å². The quantitative estimate of drug-likeness (QED) is 0.445. The maximum absolute atomic E-state index is 13.9. The first-order valence-electron chi connectivity index (χ1n) is 11.3. The molecule has 0 saturated heterocycles. The lowest BCUT2D eigenvalue weighted by Crippen LogP contribution is -2.40. The Morgan fingerprint density at radius 2 is 1.61 bits per heavy atom. The number of rotatable bonds is 5. The third kappa shape index (κ3) is 4.37. The molecule has 33 heavy (non-hydrogen) atoms. The van der Waals surface area contributed by atoms with E-state index in [9.17, 15) is 9.18 Å². The number of hydrogen-bond acceptors (Lipinski definition) is 3. The molecule has 0 atom stereocenters. The standard InChI is InChI=1S/C28H26FN3O/c1-20-30-26-15-16-31(18-21-9-8-14-24(29)17-21)19-25(26)28(33)32(20)27(22-10-4-2-5-11-22)23-12-6-3-7-13-23/h2-14,17,27H,15-16,18-19H2,1H3. The van der Waals surface area contributed by atoms with Gasteiger partial charge in [-0.15, -0.1) is 0 Å². The van der Waals surface area contributed by atoms with Crippen LogP contribution in [0.25, 0.3) is 0 Å². The molecule has 0 saturated carbocycles. The van der Waals surface area contributed by atoms with E-state index in [1.54, 1.807) is 12.1 Å². The second-order valence-electron chi connectivity index (χ2n) is 8.57. The molecule has 3 aromatic carbocycles. The summed E-state index contributed by atoms with van der Waals surface area (Å²) in [4.78, 5) is 21.0. The maximum atomic E-state index is 13.9. The summed E-state index contributed by atoms with van der Waals surface area (Å²) >= 11 is 0. The van der Waals surface area contributed by atoms with E-state index in [2.05, 4.69) is 29.2 Å². The van der Waals surface area contributed by atoms with Crippen LogP contribution in [0.5, 0.6) is 0 Å². The van der Waals surface area contributed by atoms with Gasteiger partial charge in [0.15, 0.2) is 0 Å². The maximum Gasteiger partial charge on any atom is 0.259 e. The van der Waals surface area contributed by atoms with Gasteiger partial charge in [-0.05, 0) is 35.7 Å². The second kappa shape index (κ2) is 9.12. The lowest BCUT2D eigenvalue weighted by molar-refractivity contribution is 0.240. The first-order valence-corrected chi connectivity index (χ1v) is 11.3. The molecule has 166 valence electrons. The Bertz CT molecular complexity index is 1280. The Balaban J connectivity index is 1.56. The summed E-state index contributed by atoms with van der Waals surface area (Å²) in [6.07, 6.45) is 0.711. The van der Waals surface area contributed by atoms with Gasteiger partial charge in [0.05, 0.1) is 17.3 Å². The molecule has 2 heterocycles. The van der Waals surface area contributed by atoms with Crippen LogP contribution in [0.15, 0.2) is 89.7 Å². The van der Waals surface area contributed by atoms with Gasteiger partial charge in [-0.3, -0.25) is 14.3 Å². The summed E-state index contributed by atoms with van der Waals surface area (Å²) in [7, 11) is 0. The summed E-state index contributed by atoms with van der Waals surface area (Å²) in [6, 6.07) is 26.6. The Morgan fingerprint density at radius 1 is 0.939 bits per heavy atom. The fourth-order valence-electron chi connectivity index (χ4n) is 4.76. The van der Waals surface area contributed by atoms with Crippen molar-refractivity contribution in [3.05, 3.63) is 135 Å². The van der Waals surface area contributed by atoms with Crippen LogP contribution in [0.4, 0.5) is 4.39 Å². The molecule has 1 aliphatic heterocycles. The van der Waals surface area contributed by atoms with Gasteiger partial charge in [0.1, 0.15) is 11.6 Å². The predicted octanol–water partition coefficient (Wildman–Crippen LogP) is 4.89. The number of aryl methyl sites for hydroxylation is 1. The Morgan fingerprint density at radius 3 is 2.24 bits per heavy atom. The van der Waals surface area contributed by atoms with Crippen molar-refractivity contribution in [1.82, 2.24) is 14.5 Å². The van der Waals surface area contributed by atoms with Gasteiger partial charge in [0.25, 0.3) is 5.56 Å². The van der Waals surface area contributed by atoms with Gasteiger partial charge in [0.2, 0.25) is 0 Å². The van der Waals surface area contributed by atoms with Gasteiger partial charge < -0.3 is 0 Å². The summed E-state index contributed by atoms with van der Waals surface area (Å²) in [5.74, 6) is 0.480. The summed E-state index contributed by atoms with van der Waals surface area (Å²) in [5, 5.41) is 0. The molecule has 0 bridgehead atoms. The van der Waals surface area contributed by atoms with Crippen LogP contribution < -0.4 is 5.56 Å². The lowest BCUT2D eigenvalue weighted by atomic mass is 9.97. The molecule has 0 fully saturated rings. The molecule has 0 amide bonds. The van der Waals surface area contributed by atoms with Gasteiger partial charge >= 0.3 is 0 Å². The van der Waals surface area contributed by atoms with Crippen molar-refractivity contribution >= 4 is 0 Å². The van der Waals surface area contributed by atoms with E-state index >= 15 is 0 Å². The molecule has 4 aromatic rings. The van der Waals surface area contributed by atoms with E-state index < -0.39 is 0 Å². The zero-order chi connectivity index (χ0) is 22.8. The van der Waals surface area contributed by atoms with Crippen LogP contribution in [-0.4, -0.2) is 21.0 Å². The smallest absolute Gasteiger partial charge is 0.259 e. The van der Waals surface area contributed by atoms with Crippen molar-refractivity contribution in [3.8, 4) is 0 Å². The molecule has 0 aliphatic carbocycles. The second-order valence-corrected chi connectivity index (χ2v) is 8.57. The highest BCUT2D eigenvalue weighted by Crippen LogP contribution is 2.27. The molecule has 0 radical (unpaired) electrons. The zero-order valence-corrected chi connectivity index (χ0v) is 18.6. The molecular formula is C28H26FN3O. The first-order chi connectivity index (χ1) is 16.1. The van der Waals surface area contributed by atoms with Gasteiger partial charge in [-0.2, -0.15) is 0 Å². The van der Waals surface area contributed by atoms with E-state index in [1.807, 2.05) is 54.0 Å². The van der Waals surface area contributed by atoms with Gasteiger partial charge in [-0.1, -0.05) is 72.8 Å². The van der Waals surface area contributed by atoms with Crippen LogP contribution in [0.1, 0.15) is 39.8 Å². The molecule has 1 aromatic heterocycles. The predicted molar refractivity (Wildman–Crippen MR) is 128 cm³/mol. The Kier molecular flexibility index (Phi) is 5.88. The molecule has 5 rings (SSSR count). The molecule has 0 N–H and O–H groups in total. The monoisotopic (exact) mass is 439 g/mol.